The highest BCUT2D eigenvalue weighted by Gasteiger charge is 2.35. The number of halogens is 1. The first-order valence-electron chi connectivity index (χ1n) is 20.2. The minimum Gasteiger partial charge on any atom is -0.497 e. The minimum absolute atomic E-state index is 0.0250. The van der Waals surface area contributed by atoms with Gasteiger partial charge in [-0.25, -0.2) is 9.69 Å². The SMILES string of the molecule is COc1ccc2c(C(CCCC(CC(=O)N(C(=O)OC(C)(C)C)c3cccc4cccnc34)C[Si](C)(C)c3ccccc3)C(=O)O)c(C)n(C(=O)c3ccc(Cl)cc3)c2c1. The molecule has 2 amide bonds. The summed E-state index contributed by atoms with van der Waals surface area (Å²) in [4.78, 5) is 61.7. The van der Waals surface area contributed by atoms with E-state index < -0.39 is 37.6 Å². The molecule has 312 valence electrons. The number of imide groups is 1. The summed E-state index contributed by atoms with van der Waals surface area (Å²) in [6.07, 6.45) is 2.09. The predicted molar refractivity (Wildman–Crippen MR) is 241 cm³/mol. The molecule has 0 aliphatic rings. The van der Waals surface area contributed by atoms with Crippen LogP contribution in [0.3, 0.4) is 0 Å². The lowest BCUT2D eigenvalue weighted by molar-refractivity contribution is -0.139. The Morgan fingerprint density at radius 3 is 2.27 bits per heavy atom. The van der Waals surface area contributed by atoms with Crippen LogP contribution in [0.2, 0.25) is 24.2 Å². The van der Waals surface area contributed by atoms with Crippen molar-refractivity contribution in [3.05, 3.63) is 131 Å². The van der Waals surface area contributed by atoms with Crippen LogP contribution in [-0.2, 0) is 14.3 Å². The topological polar surface area (TPSA) is 128 Å². The van der Waals surface area contributed by atoms with Gasteiger partial charge in [-0.15, -0.1) is 0 Å². The van der Waals surface area contributed by atoms with Crippen molar-refractivity contribution in [2.24, 2.45) is 5.92 Å². The third-order valence-corrected chi connectivity index (χ3v) is 14.7. The van der Waals surface area contributed by atoms with Gasteiger partial charge in [-0.1, -0.05) is 97.3 Å². The van der Waals surface area contributed by atoms with E-state index >= 15 is 0 Å². The highest BCUT2D eigenvalue weighted by atomic mass is 35.5. The molecule has 4 aromatic carbocycles. The zero-order valence-corrected chi connectivity index (χ0v) is 37.0. The second-order valence-corrected chi connectivity index (χ2v) is 22.1. The molecular formula is C48H52ClN3O7Si. The number of nitrogens with zero attached hydrogens (tertiary/aromatic N) is 3. The molecule has 1 N–H and O–H groups in total. The van der Waals surface area contributed by atoms with Crippen molar-refractivity contribution in [1.82, 2.24) is 9.55 Å². The number of carbonyl (C=O) groups is 4. The number of rotatable bonds is 14. The van der Waals surface area contributed by atoms with Crippen LogP contribution in [0.15, 0.2) is 109 Å². The molecule has 0 aliphatic carbocycles. The van der Waals surface area contributed by atoms with Gasteiger partial charge in [-0.2, -0.15) is 0 Å². The Labute approximate surface area is 357 Å². The molecule has 2 atom stereocenters. The molecule has 0 bridgehead atoms. The van der Waals surface area contributed by atoms with Crippen molar-refractivity contribution in [2.75, 3.05) is 12.0 Å². The Kier molecular flexibility index (Phi) is 13.3. The third kappa shape index (κ3) is 9.80. The average Bonchev–Trinajstić information content (AvgIpc) is 3.49. The molecule has 0 fully saturated rings. The normalized spacial score (nSPS) is 12.9. The van der Waals surface area contributed by atoms with Crippen LogP contribution in [0.5, 0.6) is 5.75 Å². The zero-order chi connectivity index (χ0) is 43.4. The van der Waals surface area contributed by atoms with Crippen LogP contribution in [-0.4, -0.2) is 59.3 Å². The Morgan fingerprint density at radius 1 is 0.900 bits per heavy atom. The molecule has 10 nitrogen and oxygen atoms in total. The smallest absolute Gasteiger partial charge is 0.421 e. The van der Waals surface area contributed by atoms with Crippen molar-refractivity contribution >= 4 is 76.2 Å². The first-order chi connectivity index (χ1) is 28.5. The standard InChI is InChI=1S/C48H52ClN3O7Si/c1-31-43(38-26-25-36(58-5)29-41(38)51(31)45(54)34-21-23-35(49)24-22-34)39(46(55)56)19-11-14-32(30-60(6,7)37-17-9-8-10-18-37)28-42(53)52(47(57)59-48(2,3)4)40-20-12-15-33-16-13-27-50-44(33)40/h8-10,12-13,15-18,20-27,29,32,39H,11,14,19,28,30H2,1-7H3,(H,55,56). The highest BCUT2D eigenvalue weighted by Crippen LogP contribution is 2.38. The quantitative estimate of drug-likeness (QED) is 0.107. The van der Waals surface area contributed by atoms with Gasteiger partial charge in [0.05, 0.1) is 37.8 Å². The van der Waals surface area contributed by atoms with Gasteiger partial charge in [0.25, 0.3) is 5.91 Å². The summed E-state index contributed by atoms with van der Waals surface area (Å²) < 4.78 is 12.9. The summed E-state index contributed by atoms with van der Waals surface area (Å²) in [6.45, 7) is 11.6. The van der Waals surface area contributed by atoms with Crippen molar-refractivity contribution in [3.8, 4) is 5.75 Å². The van der Waals surface area contributed by atoms with E-state index in [0.29, 0.717) is 68.6 Å². The van der Waals surface area contributed by atoms with E-state index in [1.54, 1.807) is 99.1 Å². The Hall–Kier alpha value is -5.78. The summed E-state index contributed by atoms with van der Waals surface area (Å²) in [5, 5.41) is 14.0. The largest absolute Gasteiger partial charge is 0.497 e. The molecule has 2 heterocycles. The van der Waals surface area contributed by atoms with E-state index in [-0.39, 0.29) is 24.7 Å². The molecule has 0 saturated heterocycles. The van der Waals surface area contributed by atoms with Crippen LogP contribution < -0.4 is 14.8 Å². The van der Waals surface area contributed by atoms with Crippen LogP contribution >= 0.6 is 11.6 Å². The number of para-hydroxylation sites is 1. The van der Waals surface area contributed by atoms with Crippen LogP contribution in [0.4, 0.5) is 10.5 Å². The Bertz CT molecular complexity index is 2520. The number of hydrogen-bond donors (Lipinski definition) is 1. The van der Waals surface area contributed by atoms with Gasteiger partial charge in [0.2, 0.25) is 5.91 Å². The second kappa shape index (κ2) is 18.2. The molecule has 0 saturated carbocycles. The van der Waals surface area contributed by atoms with Gasteiger partial charge in [0.15, 0.2) is 0 Å². The third-order valence-electron chi connectivity index (χ3n) is 11.0. The number of aliphatic carboxylic acids is 1. The number of ether oxygens (including phenoxy) is 2. The van der Waals surface area contributed by atoms with Crippen molar-refractivity contribution in [2.45, 2.75) is 84.0 Å². The lowest BCUT2D eigenvalue weighted by atomic mass is 9.89. The molecule has 0 aliphatic heterocycles. The number of pyridine rings is 1. The number of hydrogen-bond acceptors (Lipinski definition) is 7. The summed E-state index contributed by atoms with van der Waals surface area (Å²) >= 11 is 6.13. The second-order valence-electron chi connectivity index (χ2n) is 16.9. The fourth-order valence-electron chi connectivity index (χ4n) is 8.23. The first kappa shape index (κ1) is 43.8. The van der Waals surface area contributed by atoms with Gasteiger partial charge in [-0.05, 0) is 94.1 Å². The first-order valence-corrected chi connectivity index (χ1v) is 23.7. The summed E-state index contributed by atoms with van der Waals surface area (Å²) in [5.41, 5.74) is 1.98. The zero-order valence-electron chi connectivity index (χ0n) is 35.2. The molecule has 0 spiro atoms. The Balaban J connectivity index is 1.35. The monoisotopic (exact) mass is 845 g/mol. The van der Waals surface area contributed by atoms with Gasteiger partial charge < -0.3 is 14.6 Å². The number of aromatic nitrogens is 2. The summed E-state index contributed by atoms with van der Waals surface area (Å²) in [5.74, 6) is -2.40. The van der Waals surface area contributed by atoms with Crippen LogP contribution in [0.25, 0.3) is 21.8 Å². The summed E-state index contributed by atoms with van der Waals surface area (Å²) in [7, 11) is -0.632. The van der Waals surface area contributed by atoms with Gasteiger partial charge in [0, 0.05) is 45.7 Å². The molecule has 60 heavy (non-hydrogen) atoms. The number of methoxy groups -OCH3 is 1. The van der Waals surface area contributed by atoms with Gasteiger partial charge in [0.1, 0.15) is 11.4 Å². The fourth-order valence-corrected chi connectivity index (χ4v) is 11.5. The minimum atomic E-state index is -2.17. The Morgan fingerprint density at radius 2 is 1.60 bits per heavy atom. The number of carboxylic acids is 1. The molecule has 0 radical (unpaired) electrons. The van der Waals surface area contributed by atoms with E-state index in [1.165, 1.54) is 12.3 Å². The van der Waals surface area contributed by atoms with Gasteiger partial charge >= 0.3 is 12.1 Å². The van der Waals surface area contributed by atoms with Crippen molar-refractivity contribution < 1.29 is 33.8 Å². The van der Waals surface area contributed by atoms with E-state index in [2.05, 4.69) is 30.2 Å². The van der Waals surface area contributed by atoms with Crippen molar-refractivity contribution in [3.63, 3.8) is 0 Å². The van der Waals surface area contributed by atoms with E-state index in [1.807, 2.05) is 30.3 Å². The number of anilines is 1. The van der Waals surface area contributed by atoms with Crippen LogP contribution in [0.1, 0.15) is 74.0 Å². The molecule has 2 unspecified atom stereocenters. The van der Waals surface area contributed by atoms with Crippen LogP contribution in [0, 0.1) is 12.8 Å². The highest BCUT2D eigenvalue weighted by molar-refractivity contribution is 6.89. The van der Waals surface area contributed by atoms with Crippen molar-refractivity contribution in [1.29, 1.82) is 0 Å². The maximum absolute atomic E-state index is 14.7. The lowest BCUT2D eigenvalue weighted by Gasteiger charge is -2.31. The molecule has 2 aromatic heterocycles. The molecular weight excluding hydrogens is 794 g/mol. The number of carbonyl (C=O) groups excluding carboxylic acids is 3. The number of fused-ring (bicyclic) bond motifs is 2. The number of carboxylic acid groups (broad SMARTS) is 1. The maximum Gasteiger partial charge on any atom is 0.421 e. The molecule has 6 aromatic rings. The number of benzene rings is 4. The van der Waals surface area contributed by atoms with E-state index in [0.717, 1.165) is 10.3 Å². The lowest BCUT2D eigenvalue weighted by Crippen LogP contribution is -2.45. The fraction of sp³-hybridized carbons (Fsp3) is 0.312. The summed E-state index contributed by atoms with van der Waals surface area (Å²) in [6, 6.07) is 31.9. The van der Waals surface area contributed by atoms with E-state index in [9.17, 15) is 24.3 Å². The van der Waals surface area contributed by atoms with Gasteiger partial charge in [-0.3, -0.25) is 23.9 Å². The predicted octanol–water partition coefficient (Wildman–Crippen LogP) is 10.8. The average molecular weight is 846 g/mol. The number of amides is 2. The molecule has 6 rings (SSSR count). The maximum atomic E-state index is 14.7. The van der Waals surface area contributed by atoms with E-state index in [4.69, 9.17) is 21.1 Å². The molecule has 12 heteroatoms.